The molecule has 1 aromatic heterocycles. The number of hydrogen-bond acceptors (Lipinski definition) is 2. The van der Waals surface area contributed by atoms with Gasteiger partial charge in [0.25, 0.3) is 0 Å². The quantitative estimate of drug-likeness (QED) is 0.425. The zero-order valence-corrected chi connectivity index (χ0v) is 16.3. The lowest BCUT2D eigenvalue weighted by molar-refractivity contribution is -0.136. The second-order valence-corrected chi connectivity index (χ2v) is 7.13. The molecule has 0 aliphatic rings. The zero-order valence-electron chi connectivity index (χ0n) is 15.5. The summed E-state index contributed by atoms with van der Waals surface area (Å²) in [7, 11) is 0. The van der Waals surface area contributed by atoms with Crippen LogP contribution >= 0.6 is 11.6 Å². The van der Waals surface area contributed by atoms with Crippen LogP contribution in [-0.2, 0) is 11.2 Å². The van der Waals surface area contributed by atoms with Gasteiger partial charge in [0.2, 0.25) is 0 Å². The summed E-state index contributed by atoms with van der Waals surface area (Å²) in [5, 5.41) is 11.2. The van der Waals surface area contributed by atoms with E-state index in [0.717, 1.165) is 27.6 Å². The normalized spacial score (nSPS) is 11.2. The maximum atomic E-state index is 11.7. The molecule has 0 atom stereocenters. The van der Waals surface area contributed by atoms with E-state index in [0.29, 0.717) is 16.3 Å². The number of pyridine rings is 1. The predicted molar refractivity (Wildman–Crippen MR) is 119 cm³/mol. The van der Waals surface area contributed by atoms with Gasteiger partial charge in [0.05, 0.1) is 17.6 Å². The largest absolute Gasteiger partial charge is 0.481 e. The molecule has 0 saturated heterocycles. The van der Waals surface area contributed by atoms with E-state index in [1.165, 1.54) is 0 Å². The molecule has 0 aliphatic carbocycles. The van der Waals surface area contributed by atoms with Crippen LogP contribution in [-0.4, -0.2) is 16.1 Å². The summed E-state index contributed by atoms with van der Waals surface area (Å²) >= 11 is 5.96. The average molecular weight is 400 g/mol. The summed E-state index contributed by atoms with van der Waals surface area (Å²) in [4.78, 5) is 16.5. The fourth-order valence-corrected chi connectivity index (χ4v) is 3.55. The number of rotatable bonds is 5. The Morgan fingerprint density at radius 3 is 2.31 bits per heavy atom. The Hall–Kier alpha value is -3.43. The molecule has 0 amide bonds. The fraction of sp³-hybridized carbons (Fsp3) is 0.0400. The van der Waals surface area contributed by atoms with Gasteiger partial charge in [0.1, 0.15) is 0 Å². The Bertz CT molecular complexity index is 1200. The Kier molecular flexibility index (Phi) is 5.41. The van der Waals surface area contributed by atoms with Crippen molar-refractivity contribution in [3.63, 3.8) is 0 Å². The Morgan fingerprint density at radius 2 is 1.59 bits per heavy atom. The summed E-state index contributed by atoms with van der Waals surface area (Å²) in [6.45, 7) is 0. The number of halogens is 1. The van der Waals surface area contributed by atoms with Crippen LogP contribution in [0.1, 0.15) is 16.8 Å². The number of benzene rings is 3. The highest BCUT2D eigenvalue weighted by Crippen LogP contribution is 2.34. The lowest BCUT2D eigenvalue weighted by Gasteiger charge is -2.15. The topological polar surface area (TPSA) is 50.2 Å². The molecule has 4 rings (SSSR count). The van der Waals surface area contributed by atoms with E-state index >= 15 is 0 Å². The Balaban J connectivity index is 1.95. The molecule has 29 heavy (non-hydrogen) atoms. The molecule has 4 heteroatoms. The third kappa shape index (κ3) is 4.20. The summed E-state index contributed by atoms with van der Waals surface area (Å²) in [5.41, 5.74) is 5.04. The predicted octanol–water partition coefficient (Wildman–Crippen LogP) is 6.35. The van der Waals surface area contributed by atoms with Gasteiger partial charge in [0, 0.05) is 10.4 Å². The van der Waals surface area contributed by atoms with Crippen molar-refractivity contribution in [1.29, 1.82) is 0 Å². The van der Waals surface area contributed by atoms with Crippen LogP contribution < -0.4 is 0 Å². The van der Waals surface area contributed by atoms with E-state index in [4.69, 9.17) is 16.6 Å². The van der Waals surface area contributed by atoms with E-state index in [1.807, 2.05) is 91.0 Å². The summed E-state index contributed by atoms with van der Waals surface area (Å²) in [6, 6.07) is 25.2. The number of fused-ring (bicyclic) bond motifs is 1. The highest BCUT2D eigenvalue weighted by atomic mass is 35.5. The minimum absolute atomic E-state index is 0.109. The van der Waals surface area contributed by atoms with Crippen LogP contribution in [0.3, 0.4) is 0 Å². The van der Waals surface area contributed by atoms with E-state index in [2.05, 4.69) is 0 Å². The first-order valence-electron chi connectivity index (χ1n) is 9.24. The van der Waals surface area contributed by atoms with Gasteiger partial charge < -0.3 is 5.11 Å². The second kappa shape index (κ2) is 8.29. The molecule has 0 radical (unpaired) electrons. The van der Waals surface area contributed by atoms with Gasteiger partial charge in [-0.1, -0.05) is 78.3 Å². The van der Waals surface area contributed by atoms with Gasteiger partial charge in [-0.2, -0.15) is 0 Å². The van der Waals surface area contributed by atoms with Crippen molar-refractivity contribution in [2.75, 3.05) is 0 Å². The first-order valence-corrected chi connectivity index (χ1v) is 9.62. The molecule has 1 N–H and O–H groups in total. The lowest BCUT2D eigenvalue weighted by Crippen LogP contribution is -2.06. The van der Waals surface area contributed by atoms with Crippen molar-refractivity contribution in [2.24, 2.45) is 0 Å². The number of para-hydroxylation sites is 1. The van der Waals surface area contributed by atoms with Crippen molar-refractivity contribution in [2.45, 2.75) is 6.42 Å². The average Bonchev–Trinajstić information content (AvgIpc) is 2.73. The van der Waals surface area contributed by atoms with Crippen LogP contribution in [0, 0.1) is 0 Å². The van der Waals surface area contributed by atoms with Crippen LogP contribution in [0.5, 0.6) is 0 Å². The van der Waals surface area contributed by atoms with Crippen molar-refractivity contribution in [1.82, 2.24) is 4.98 Å². The highest BCUT2D eigenvalue weighted by Gasteiger charge is 2.17. The van der Waals surface area contributed by atoms with E-state index in [-0.39, 0.29) is 6.42 Å². The number of hydrogen-bond donors (Lipinski definition) is 1. The summed E-state index contributed by atoms with van der Waals surface area (Å²) < 4.78 is 0. The van der Waals surface area contributed by atoms with Crippen molar-refractivity contribution in [3.05, 3.63) is 101 Å². The molecule has 0 unspecified atom stereocenters. The molecule has 0 aliphatic heterocycles. The minimum atomic E-state index is -0.889. The molecule has 1 heterocycles. The Morgan fingerprint density at radius 1 is 0.897 bits per heavy atom. The van der Waals surface area contributed by atoms with E-state index in [9.17, 15) is 9.90 Å². The fourth-order valence-electron chi connectivity index (χ4n) is 3.42. The molecular weight excluding hydrogens is 382 g/mol. The molecule has 3 nitrogen and oxygen atoms in total. The number of carboxylic acid groups (broad SMARTS) is 1. The second-order valence-electron chi connectivity index (χ2n) is 6.69. The Labute approximate surface area is 173 Å². The van der Waals surface area contributed by atoms with Gasteiger partial charge in [0.15, 0.2) is 0 Å². The van der Waals surface area contributed by atoms with Crippen LogP contribution in [0.15, 0.2) is 78.9 Å². The highest BCUT2D eigenvalue weighted by molar-refractivity contribution is 6.30. The first-order chi connectivity index (χ1) is 14.1. The maximum Gasteiger partial charge on any atom is 0.307 e. The number of nitrogens with zero attached hydrogens (tertiary/aromatic N) is 1. The van der Waals surface area contributed by atoms with Crippen LogP contribution in [0.25, 0.3) is 34.2 Å². The van der Waals surface area contributed by atoms with E-state index < -0.39 is 5.97 Å². The molecule has 0 fully saturated rings. The molecule has 142 valence electrons. The summed E-state index contributed by atoms with van der Waals surface area (Å²) in [5.74, 6) is -0.889. The molecule has 0 spiro atoms. The third-order valence-electron chi connectivity index (χ3n) is 4.72. The molecule has 0 saturated carbocycles. The van der Waals surface area contributed by atoms with Gasteiger partial charge in [-0.25, -0.2) is 4.98 Å². The molecule has 4 aromatic rings. The smallest absolute Gasteiger partial charge is 0.307 e. The van der Waals surface area contributed by atoms with Gasteiger partial charge in [-0.15, -0.1) is 0 Å². The van der Waals surface area contributed by atoms with Crippen molar-refractivity contribution in [3.8, 4) is 11.1 Å². The van der Waals surface area contributed by atoms with Gasteiger partial charge in [-0.3, -0.25) is 4.79 Å². The lowest BCUT2D eigenvalue weighted by atomic mass is 9.92. The number of aliphatic carboxylic acids is 1. The first kappa shape index (κ1) is 18.9. The van der Waals surface area contributed by atoms with Gasteiger partial charge >= 0.3 is 5.97 Å². The molecular formula is C25H18ClNO2. The summed E-state index contributed by atoms with van der Waals surface area (Å²) in [6.07, 6.45) is 3.69. The maximum absolute atomic E-state index is 11.7. The monoisotopic (exact) mass is 399 g/mol. The van der Waals surface area contributed by atoms with E-state index in [1.54, 1.807) is 0 Å². The third-order valence-corrected chi connectivity index (χ3v) is 4.97. The van der Waals surface area contributed by atoms with Crippen molar-refractivity contribution < 1.29 is 9.90 Å². The number of carboxylic acids is 1. The number of aromatic nitrogens is 1. The molecule has 0 bridgehead atoms. The zero-order chi connectivity index (χ0) is 20.2. The van der Waals surface area contributed by atoms with Crippen molar-refractivity contribution >= 4 is 40.6 Å². The SMILES string of the molecule is O=C(O)Cc1c(C=Cc2ccc(Cl)cc2)nc2ccccc2c1-c1ccccc1. The van der Waals surface area contributed by atoms with Crippen LogP contribution in [0.2, 0.25) is 5.02 Å². The standard InChI is InChI=1S/C25H18ClNO2/c26-19-13-10-17(11-14-19)12-15-23-21(16-24(28)29)25(18-6-2-1-3-7-18)20-8-4-5-9-22(20)27-23/h1-15H,16H2,(H,28,29). The minimum Gasteiger partial charge on any atom is -0.481 e. The van der Waals surface area contributed by atoms with Gasteiger partial charge in [-0.05, 0) is 46.5 Å². The number of carbonyl (C=O) groups is 1. The molecule has 3 aromatic carbocycles. The van der Waals surface area contributed by atoms with Crippen LogP contribution in [0.4, 0.5) is 0 Å².